The molecule has 0 saturated carbocycles. The number of benzene rings is 3. The second-order valence-corrected chi connectivity index (χ2v) is 7.86. The molecule has 2 atom stereocenters. The van der Waals surface area contributed by atoms with Crippen LogP contribution in [0.1, 0.15) is 42.6 Å². The van der Waals surface area contributed by atoms with Crippen LogP contribution >= 0.6 is 0 Å². The molecule has 6 N–H and O–H groups in total. The van der Waals surface area contributed by atoms with Gasteiger partial charge in [0.1, 0.15) is 11.5 Å². The first-order chi connectivity index (χ1) is 15.7. The van der Waals surface area contributed by atoms with E-state index in [9.17, 15) is 19.8 Å². The third-order valence-corrected chi connectivity index (χ3v) is 5.18. The number of nitrogens with one attached hydrogen (secondary N) is 4. The number of carbonyl (C=O) groups is 2. The van der Waals surface area contributed by atoms with E-state index in [0.29, 0.717) is 11.4 Å². The van der Waals surface area contributed by atoms with Gasteiger partial charge >= 0.3 is 12.1 Å². The summed E-state index contributed by atoms with van der Waals surface area (Å²) in [5.74, 6) is 0.264. The van der Waals surface area contributed by atoms with Crippen molar-refractivity contribution in [1.29, 1.82) is 0 Å². The molecule has 8 heteroatoms. The van der Waals surface area contributed by atoms with Crippen molar-refractivity contribution >= 4 is 23.4 Å². The molecular weight excluding hydrogens is 420 g/mol. The van der Waals surface area contributed by atoms with Gasteiger partial charge < -0.3 is 31.5 Å². The van der Waals surface area contributed by atoms with Gasteiger partial charge in [-0.1, -0.05) is 30.3 Å². The standard InChI is InChI=1S/C25H28N4O4/c1-15-10-11-20(28-24(32)26-16(2)18-6-4-8-21(30)12-18)14-23(15)29-25(33)27-17(3)19-7-5-9-22(31)13-19/h4-14,16-17,30-31H,1-3H3,(H2,26,28,32)(H2,27,29,33)/t16-,17-/m1/s1. The van der Waals surface area contributed by atoms with E-state index >= 15 is 0 Å². The van der Waals surface area contributed by atoms with Gasteiger partial charge in [-0.25, -0.2) is 9.59 Å². The van der Waals surface area contributed by atoms with Crippen LogP contribution < -0.4 is 21.3 Å². The first-order valence-corrected chi connectivity index (χ1v) is 10.5. The second-order valence-electron chi connectivity index (χ2n) is 7.86. The lowest BCUT2D eigenvalue weighted by molar-refractivity contribution is 0.248. The first-order valence-electron chi connectivity index (χ1n) is 10.5. The van der Waals surface area contributed by atoms with Crippen molar-refractivity contribution in [3.05, 3.63) is 83.4 Å². The number of amides is 4. The Bertz CT molecular complexity index is 1150. The number of aromatic hydroxyl groups is 2. The fourth-order valence-corrected chi connectivity index (χ4v) is 3.31. The summed E-state index contributed by atoms with van der Waals surface area (Å²) in [5.41, 5.74) is 3.44. The Morgan fingerprint density at radius 1 is 0.727 bits per heavy atom. The molecule has 0 bridgehead atoms. The summed E-state index contributed by atoms with van der Waals surface area (Å²) >= 11 is 0. The Morgan fingerprint density at radius 2 is 1.24 bits per heavy atom. The number of carbonyl (C=O) groups excluding carboxylic acids is 2. The van der Waals surface area contributed by atoms with E-state index < -0.39 is 12.1 Å². The maximum atomic E-state index is 12.5. The van der Waals surface area contributed by atoms with E-state index in [1.54, 1.807) is 54.6 Å². The van der Waals surface area contributed by atoms with Crippen LogP contribution in [0.15, 0.2) is 66.7 Å². The fourth-order valence-electron chi connectivity index (χ4n) is 3.31. The van der Waals surface area contributed by atoms with Crippen LogP contribution in [0.3, 0.4) is 0 Å². The number of hydrogen-bond donors (Lipinski definition) is 6. The molecule has 3 aromatic carbocycles. The van der Waals surface area contributed by atoms with Gasteiger partial charge in [0.15, 0.2) is 0 Å². The van der Waals surface area contributed by atoms with Crippen LogP contribution in [0, 0.1) is 6.92 Å². The number of hydrogen-bond acceptors (Lipinski definition) is 4. The van der Waals surface area contributed by atoms with Crippen LogP contribution in [0.5, 0.6) is 11.5 Å². The minimum Gasteiger partial charge on any atom is -0.508 e. The lowest BCUT2D eigenvalue weighted by atomic mass is 10.1. The molecule has 0 fully saturated rings. The van der Waals surface area contributed by atoms with Gasteiger partial charge in [-0.3, -0.25) is 0 Å². The van der Waals surface area contributed by atoms with E-state index in [-0.39, 0.29) is 23.6 Å². The van der Waals surface area contributed by atoms with Gasteiger partial charge in [0.25, 0.3) is 0 Å². The minimum absolute atomic E-state index is 0.132. The lowest BCUT2D eigenvalue weighted by Gasteiger charge is -2.18. The van der Waals surface area contributed by atoms with Crippen LogP contribution in [-0.4, -0.2) is 22.3 Å². The van der Waals surface area contributed by atoms with Gasteiger partial charge in [-0.2, -0.15) is 0 Å². The normalized spacial score (nSPS) is 12.3. The highest BCUT2D eigenvalue weighted by atomic mass is 16.3. The van der Waals surface area contributed by atoms with E-state index in [2.05, 4.69) is 21.3 Å². The molecule has 3 aromatic rings. The number of urea groups is 2. The van der Waals surface area contributed by atoms with Crippen molar-refractivity contribution in [3.63, 3.8) is 0 Å². The molecule has 0 aliphatic heterocycles. The van der Waals surface area contributed by atoms with E-state index in [1.165, 1.54) is 0 Å². The Labute approximate surface area is 192 Å². The molecule has 4 amide bonds. The van der Waals surface area contributed by atoms with E-state index in [4.69, 9.17) is 0 Å². The van der Waals surface area contributed by atoms with E-state index in [1.807, 2.05) is 32.9 Å². The Kier molecular flexibility index (Phi) is 7.40. The van der Waals surface area contributed by atoms with Crippen LogP contribution in [-0.2, 0) is 0 Å². The van der Waals surface area contributed by atoms with Crippen molar-refractivity contribution in [1.82, 2.24) is 10.6 Å². The highest BCUT2D eigenvalue weighted by molar-refractivity contribution is 5.93. The van der Waals surface area contributed by atoms with Crippen molar-refractivity contribution in [2.75, 3.05) is 10.6 Å². The third-order valence-electron chi connectivity index (χ3n) is 5.18. The molecule has 172 valence electrons. The lowest BCUT2D eigenvalue weighted by Crippen LogP contribution is -2.32. The Hall–Kier alpha value is -4.20. The maximum Gasteiger partial charge on any atom is 0.319 e. The van der Waals surface area contributed by atoms with Gasteiger partial charge in [-0.05, 0) is 73.9 Å². The summed E-state index contributed by atoms with van der Waals surface area (Å²) in [7, 11) is 0. The maximum absolute atomic E-state index is 12.5. The number of phenolic OH excluding ortho intramolecular Hbond substituents is 2. The Balaban J connectivity index is 1.60. The summed E-state index contributed by atoms with van der Waals surface area (Å²) in [6.07, 6.45) is 0. The molecule has 3 rings (SSSR count). The fraction of sp³-hybridized carbons (Fsp3) is 0.200. The number of anilines is 2. The van der Waals surface area contributed by atoms with Crippen LogP contribution in [0.2, 0.25) is 0 Å². The molecule has 33 heavy (non-hydrogen) atoms. The van der Waals surface area contributed by atoms with Gasteiger partial charge in [0.2, 0.25) is 0 Å². The monoisotopic (exact) mass is 448 g/mol. The average Bonchev–Trinajstić information content (AvgIpc) is 2.76. The minimum atomic E-state index is -0.414. The molecule has 0 unspecified atom stereocenters. The third kappa shape index (κ3) is 6.64. The largest absolute Gasteiger partial charge is 0.508 e. The summed E-state index contributed by atoms with van der Waals surface area (Å²) < 4.78 is 0. The van der Waals surface area contributed by atoms with E-state index in [0.717, 1.165) is 16.7 Å². The molecular formula is C25H28N4O4. The summed E-state index contributed by atoms with van der Waals surface area (Å²) in [4.78, 5) is 24.9. The van der Waals surface area contributed by atoms with Gasteiger partial charge in [0, 0.05) is 11.4 Å². The zero-order valence-corrected chi connectivity index (χ0v) is 18.7. The molecule has 0 aromatic heterocycles. The molecule has 0 aliphatic rings. The summed E-state index contributed by atoms with van der Waals surface area (Å²) in [6.45, 7) is 5.48. The SMILES string of the molecule is Cc1ccc(NC(=O)N[C@H](C)c2cccc(O)c2)cc1NC(=O)N[C@H](C)c1cccc(O)c1. The highest BCUT2D eigenvalue weighted by Gasteiger charge is 2.13. The summed E-state index contributed by atoms with van der Waals surface area (Å²) in [6, 6.07) is 17.1. The van der Waals surface area contributed by atoms with Crippen molar-refractivity contribution in [2.24, 2.45) is 0 Å². The summed E-state index contributed by atoms with van der Waals surface area (Å²) in [5, 5.41) is 30.4. The number of rotatable bonds is 6. The molecule has 0 spiro atoms. The molecule has 0 heterocycles. The zero-order chi connectivity index (χ0) is 24.0. The topological polar surface area (TPSA) is 123 Å². The smallest absolute Gasteiger partial charge is 0.319 e. The van der Waals surface area contributed by atoms with Crippen LogP contribution in [0.4, 0.5) is 21.0 Å². The average molecular weight is 449 g/mol. The quantitative estimate of drug-likeness (QED) is 0.311. The van der Waals surface area contributed by atoms with Crippen molar-refractivity contribution in [2.45, 2.75) is 32.9 Å². The first kappa shape index (κ1) is 23.5. The molecule has 0 radical (unpaired) electrons. The number of aryl methyl sites for hydroxylation is 1. The van der Waals surface area contributed by atoms with Gasteiger partial charge in [-0.15, -0.1) is 0 Å². The molecule has 0 aliphatic carbocycles. The predicted molar refractivity (Wildman–Crippen MR) is 129 cm³/mol. The predicted octanol–water partition coefficient (Wildman–Crippen LogP) is 5.17. The van der Waals surface area contributed by atoms with Crippen LogP contribution in [0.25, 0.3) is 0 Å². The second kappa shape index (κ2) is 10.4. The Morgan fingerprint density at radius 3 is 1.76 bits per heavy atom. The van der Waals surface area contributed by atoms with Gasteiger partial charge in [0.05, 0.1) is 12.1 Å². The number of phenols is 2. The molecule has 0 saturated heterocycles. The molecule has 8 nitrogen and oxygen atoms in total. The highest BCUT2D eigenvalue weighted by Crippen LogP contribution is 2.22. The van der Waals surface area contributed by atoms with Crippen molar-refractivity contribution < 1.29 is 19.8 Å². The van der Waals surface area contributed by atoms with Crippen molar-refractivity contribution in [3.8, 4) is 11.5 Å². The zero-order valence-electron chi connectivity index (χ0n) is 18.7.